The molecule has 2 rings (SSSR count). The van der Waals surface area contributed by atoms with Gasteiger partial charge in [-0.3, -0.25) is 0 Å². The van der Waals surface area contributed by atoms with E-state index in [4.69, 9.17) is 5.11 Å². The molecule has 0 aromatic heterocycles. The lowest BCUT2D eigenvalue weighted by atomic mass is 10.2. The van der Waals surface area contributed by atoms with Gasteiger partial charge in [-0.2, -0.15) is 0 Å². The van der Waals surface area contributed by atoms with E-state index in [-0.39, 0.29) is 5.48 Å². The topological polar surface area (TPSA) is 68.8 Å². The number of carboxylic acid groups (broad SMARTS) is 1. The van der Waals surface area contributed by atoms with Crippen LogP contribution in [0.25, 0.3) is 0 Å². The Morgan fingerprint density at radius 1 is 0.750 bits per heavy atom. The van der Waals surface area contributed by atoms with Gasteiger partial charge in [0.05, 0.1) is 5.56 Å². The van der Waals surface area contributed by atoms with Gasteiger partial charge in [0.25, 0.3) is 0 Å². The first-order valence-corrected chi connectivity index (χ1v) is 4.59. The fourth-order valence-electron chi connectivity index (χ4n) is 0.966. The van der Waals surface area contributed by atoms with Crippen LogP contribution >= 0.6 is 0 Å². The molecule has 0 bridgehead atoms. The van der Waals surface area contributed by atoms with E-state index in [1.54, 1.807) is 30.3 Å². The van der Waals surface area contributed by atoms with E-state index in [1.165, 1.54) is 0 Å². The van der Waals surface area contributed by atoms with E-state index < -0.39 is 5.97 Å². The van der Waals surface area contributed by atoms with Gasteiger partial charge in [0.15, 0.2) is 0 Å². The highest BCUT2D eigenvalue weighted by Gasteiger charge is 1.96. The first-order valence-electron chi connectivity index (χ1n) is 4.59. The van der Waals surface area contributed by atoms with E-state index in [0.29, 0.717) is 5.56 Å². The van der Waals surface area contributed by atoms with Crippen LogP contribution < -0.4 is 0 Å². The number of aromatic carboxylic acids is 1. The van der Waals surface area contributed by atoms with Crippen LogP contribution in [0.4, 0.5) is 0 Å². The normalized spacial score (nSPS) is 8.00. The second-order valence-corrected chi connectivity index (χ2v) is 2.83. The summed E-state index contributed by atoms with van der Waals surface area (Å²) in [6, 6.07) is 20.3. The standard InChI is InChI=1S/C7H6O2.C6H6.H2O/c8-7(9)6-4-2-1-3-5-6;1-2-4-6-5-3-1;/h1-5H,(H,8,9);1-6H;1H2. The maximum absolute atomic E-state index is 10.2. The average Bonchev–Trinajstić information content (AvgIpc) is 2.33. The number of hydrogen-bond acceptors (Lipinski definition) is 1. The van der Waals surface area contributed by atoms with E-state index in [1.807, 2.05) is 36.4 Å². The molecular weight excluding hydrogens is 204 g/mol. The second-order valence-electron chi connectivity index (χ2n) is 2.83. The summed E-state index contributed by atoms with van der Waals surface area (Å²) in [6.45, 7) is 0. The van der Waals surface area contributed by atoms with Crippen molar-refractivity contribution in [1.82, 2.24) is 0 Å². The summed E-state index contributed by atoms with van der Waals surface area (Å²) in [4.78, 5) is 10.2. The van der Waals surface area contributed by atoms with Crippen molar-refractivity contribution in [3.8, 4) is 0 Å². The molecule has 0 aliphatic carbocycles. The third kappa shape index (κ3) is 5.57. The lowest BCUT2D eigenvalue weighted by molar-refractivity contribution is 0.0697. The van der Waals surface area contributed by atoms with Crippen LogP contribution in [0.2, 0.25) is 0 Å². The van der Waals surface area contributed by atoms with Gasteiger partial charge in [-0.25, -0.2) is 4.79 Å². The molecule has 0 radical (unpaired) electrons. The van der Waals surface area contributed by atoms with Crippen molar-refractivity contribution >= 4 is 5.97 Å². The average molecular weight is 218 g/mol. The number of benzene rings is 2. The Morgan fingerprint density at radius 2 is 1.06 bits per heavy atom. The molecule has 16 heavy (non-hydrogen) atoms. The summed E-state index contributed by atoms with van der Waals surface area (Å²) in [5.74, 6) is -0.879. The first-order chi connectivity index (χ1) is 7.30. The summed E-state index contributed by atoms with van der Waals surface area (Å²) < 4.78 is 0. The molecule has 0 saturated heterocycles. The lowest BCUT2D eigenvalue weighted by Gasteiger charge is -1.88. The molecule has 3 N–H and O–H groups in total. The molecule has 2 aromatic carbocycles. The molecule has 0 atom stereocenters. The molecule has 2 aromatic rings. The van der Waals surface area contributed by atoms with Crippen molar-refractivity contribution in [2.24, 2.45) is 0 Å². The largest absolute Gasteiger partial charge is 0.478 e. The molecular formula is C13H14O3. The highest BCUT2D eigenvalue weighted by molar-refractivity contribution is 5.87. The minimum absolute atomic E-state index is 0. The number of hydrogen-bond donors (Lipinski definition) is 1. The molecule has 0 heterocycles. The fraction of sp³-hybridized carbons (Fsp3) is 0. The minimum atomic E-state index is -0.879. The minimum Gasteiger partial charge on any atom is -0.478 e. The maximum atomic E-state index is 10.2. The van der Waals surface area contributed by atoms with Crippen LogP contribution in [0.15, 0.2) is 66.7 Å². The van der Waals surface area contributed by atoms with Gasteiger partial charge in [0, 0.05) is 0 Å². The fourth-order valence-corrected chi connectivity index (χ4v) is 0.966. The van der Waals surface area contributed by atoms with Gasteiger partial charge in [0.1, 0.15) is 0 Å². The Kier molecular flexibility index (Phi) is 7.11. The van der Waals surface area contributed by atoms with Crippen LogP contribution in [0, 0.1) is 0 Å². The van der Waals surface area contributed by atoms with Crippen molar-refractivity contribution in [2.45, 2.75) is 0 Å². The Balaban J connectivity index is 0.000000283. The predicted molar refractivity (Wildman–Crippen MR) is 63.5 cm³/mol. The second kappa shape index (κ2) is 8.20. The maximum Gasteiger partial charge on any atom is 0.335 e. The summed E-state index contributed by atoms with van der Waals surface area (Å²) in [5.41, 5.74) is 0.331. The summed E-state index contributed by atoms with van der Waals surface area (Å²) in [7, 11) is 0. The third-order valence-electron chi connectivity index (χ3n) is 1.69. The zero-order chi connectivity index (χ0) is 10.9. The van der Waals surface area contributed by atoms with E-state index in [9.17, 15) is 4.79 Å². The molecule has 0 aliphatic heterocycles. The van der Waals surface area contributed by atoms with Crippen molar-refractivity contribution < 1.29 is 15.4 Å². The van der Waals surface area contributed by atoms with Crippen LogP contribution in [0.5, 0.6) is 0 Å². The van der Waals surface area contributed by atoms with Gasteiger partial charge in [-0.15, -0.1) is 0 Å². The van der Waals surface area contributed by atoms with Gasteiger partial charge < -0.3 is 10.6 Å². The molecule has 3 nitrogen and oxygen atoms in total. The Hall–Kier alpha value is -2.13. The molecule has 0 aliphatic rings. The summed E-state index contributed by atoms with van der Waals surface area (Å²) >= 11 is 0. The Bertz CT molecular complexity index is 358. The SMILES string of the molecule is O.O=C(O)c1ccccc1.c1ccccc1. The number of rotatable bonds is 1. The molecule has 0 amide bonds. The predicted octanol–water partition coefficient (Wildman–Crippen LogP) is 2.25. The quantitative estimate of drug-likeness (QED) is 0.797. The van der Waals surface area contributed by atoms with Crippen LogP contribution in [0.3, 0.4) is 0 Å². The van der Waals surface area contributed by atoms with Crippen molar-refractivity contribution in [3.05, 3.63) is 72.3 Å². The number of carboxylic acids is 1. The third-order valence-corrected chi connectivity index (χ3v) is 1.69. The van der Waals surface area contributed by atoms with Crippen molar-refractivity contribution in [1.29, 1.82) is 0 Å². The zero-order valence-electron chi connectivity index (χ0n) is 8.71. The van der Waals surface area contributed by atoms with E-state index >= 15 is 0 Å². The summed E-state index contributed by atoms with van der Waals surface area (Å²) in [6.07, 6.45) is 0. The monoisotopic (exact) mass is 218 g/mol. The molecule has 84 valence electrons. The molecule has 0 saturated carbocycles. The first kappa shape index (κ1) is 13.9. The van der Waals surface area contributed by atoms with Gasteiger partial charge in [-0.1, -0.05) is 54.6 Å². The molecule has 0 spiro atoms. The van der Waals surface area contributed by atoms with E-state index in [2.05, 4.69) is 0 Å². The highest BCUT2D eigenvalue weighted by Crippen LogP contribution is 1.96. The van der Waals surface area contributed by atoms with Crippen LogP contribution in [-0.4, -0.2) is 16.6 Å². The highest BCUT2D eigenvalue weighted by atomic mass is 16.4. The van der Waals surface area contributed by atoms with Crippen LogP contribution in [-0.2, 0) is 0 Å². The van der Waals surface area contributed by atoms with Gasteiger partial charge in [0.2, 0.25) is 0 Å². The smallest absolute Gasteiger partial charge is 0.335 e. The Labute approximate surface area is 94.3 Å². The molecule has 3 heteroatoms. The zero-order valence-corrected chi connectivity index (χ0v) is 8.71. The van der Waals surface area contributed by atoms with E-state index in [0.717, 1.165) is 0 Å². The van der Waals surface area contributed by atoms with Gasteiger partial charge in [-0.05, 0) is 12.1 Å². The molecule has 0 fully saturated rings. The Morgan fingerprint density at radius 3 is 1.31 bits per heavy atom. The van der Waals surface area contributed by atoms with Gasteiger partial charge >= 0.3 is 5.97 Å². The lowest BCUT2D eigenvalue weighted by Crippen LogP contribution is -1.93. The molecule has 0 unspecified atom stereocenters. The van der Waals surface area contributed by atoms with Crippen molar-refractivity contribution in [3.63, 3.8) is 0 Å². The van der Waals surface area contributed by atoms with Crippen LogP contribution in [0.1, 0.15) is 10.4 Å². The number of carbonyl (C=O) groups is 1. The summed E-state index contributed by atoms with van der Waals surface area (Å²) in [5, 5.41) is 8.38. The van der Waals surface area contributed by atoms with Crippen molar-refractivity contribution in [2.75, 3.05) is 0 Å².